The Morgan fingerprint density at radius 1 is 1.04 bits per heavy atom. The minimum Gasteiger partial charge on any atom is -0.393 e. The van der Waals surface area contributed by atoms with Gasteiger partial charge in [0.05, 0.1) is 24.4 Å². The second-order valence-corrected chi connectivity index (χ2v) is 7.58. The van der Waals surface area contributed by atoms with Gasteiger partial charge in [0, 0.05) is 37.5 Å². The van der Waals surface area contributed by atoms with Gasteiger partial charge in [0.25, 0.3) is 0 Å². The first-order chi connectivity index (χ1) is 12.0. The van der Waals surface area contributed by atoms with Gasteiger partial charge in [-0.05, 0) is 30.5 Å². The number of hydrogen-bond donors (Lipinski definition) is 2. The van der Waals surface area contributed by atoms with Crippen molar-refractivity contribution in [3.8, 4) is 0 Å². The molecular weight excluding hydrogens is 328 g/mol. The molecule has 1 aromatic carbocycles. The summed E-state index contributed by atoms with van der Waals surface area (Å²) in [6.45, 7) is 2.24. The van der Waals surface area contributed by atoms with Gasteiger partial charge in [-0.15, -0.1) is 0 Å². The van der Waals surface area contributed by atoms with Crippen LogP contribution in [0.2, 0.25) is 0 Å². The molecule has 25 heavy (non-hydrogen) atoms. The fourth-order valence-electron chi connectivity index (χ4n) is 5.02. The molecular formula is C19H23F2NO3. The van der Waals surface area contributed by atoms with Gasteiger partial charge in [0.2, 0.25) is 0 Å². The Balaban J connectivity index is 1.44. The maximum atomic E-state index is 13.2. The third-order valence-corrected chi connectivity index (χ3v) is 6.22. The third-order valence-electron chi connectivity index (χ3n) is 6.22. The van der Waals surface area contributed by atoms with E-state index in [0.717, 1.165) is 32.0 Å². The molecule has 2 bridgehead atoms. The molecule has 0 spiro atoms. The molecule has 136 valence electrons. The largest absolute Gasteiger partial charge is 0.393 e. The lowest BCUT2D eigenvalue weighted by Gasteiger charge is -2.32. The van der Waals surface area contributed by atoms with Crippen molar-refractivity contribution in [3.05, 3.63) is 41.5 Å². The van der Waals surface area contributed by atoms with Crippen LogP contribution in [-0.2, 0) is 4.74 Å². The molecule has 0 amide bonds. The zero-order valence-electron chi connectivity index (χ0n) is 14.0. The Bertz CT molecular complexity index is 651. The highest BCUT2D eigenvalue weighted by molar-refractivity contribution is 5.49. The van der Waals surface area contributed by atoms with Gasteiger partial charge < -0.3 is 14.9 Å². The molecule has 0 saturated carbocycles. The number of benzene rings is 1. The van der Waals surface area contributed by atoms with Crippen molar-refractivity contribution in [2.45, 2.75) is 24.0 Å². The summed E-state index contributed by atoms with van der Waals surface area (Å²) in [5.41, 5.74) is -0.534. The van der Waals surface area contributed by atoms with Crippen LogP contribution in [0.15, 0.2) is 24.3 Å². The highest BCUT2D eigenvalue weighted by Gasteiger charge is 2.68. The van der Waals surface area contributed by atoms with Gasteiger partial charge in [-0.25, -0.2) is 8.78 Å². The summed E-state index contributed by atoms with van der Waals surface area (Å²) in [4.78, 5) is 2.25. The molecule has 0 aromatic heterocycles. The monoisotopic (exact) mass is 351 g/mol. The fraction of sp³-hybridized carbons (Fsp3) is 0.579. The molecule has 6 heteroatoms. The number of nitrogens with zero attached hydrogens (tertiary/aromatic N) is 1. The molecule has 4 rings (SSSR count). The van der Waals surface area contributed by atoms with Gasteiger partial charge in [-0.2, -0.15) is 0 Å². The number of hydrogen-bond acceptors (Lipinski definition) is 4. The van der Waals surface area contributed by atoms with E-state index in [-0.39, 0.29) is 25.0 Å². The molecule has 4 nitrogen and oxygen atoms in total. The Morgan fingerprint density at radius 3 is 2.12 bits per heavy atom. The van der Waals surface area contributed by atoms with Crippen LogP contribution >= 0.6 is 0 Å². The second-order valence-electron chi connectivity index (χ2n) is 7.58. The number of ether oxygens (including phenoxy) is 1. The Labute approximate surface area is 145 Å². The lowest BCUT2D eigenvalue weighted by Crippen LogP contribution is -2.43. The number of aliphatic hydroxyl groups is 2. The van der Waals surface area contributed by atoms with E-state index in [9.17, 15) is 19.0 Å². The summed E-state index contributed by atoms with van der Waals surface area (Å²) in [5, 5.41) is 19.7. The molecule has 4 atom stereocenters. The zero-order valence-corrected chi connectivity index (χ0v) is 14.0. The Hall–Kier alpha value is -1.34. The normalized spacial score (nSPS) is 37.3. The first-order valence-corrected chi connectivity index (χ1v) is 8.77. The van der Waals surface area contributed by atoms with Crippen molar-refractivity contribution in [3.63, 3.8) is 0 Å². The number of likely N-dealkylation sites (tertiary alicyclic amines) is 1. The molecule has 2 N–H and O–H groups in total. The predicted molar refractivity (Wildman–Crippen MR) is 88.8 cm³/mol. The Morgan fingerprint density at radius 2 is 1.60 bits per heavy atom. The molecule has 4 unspecified atom stereocenters. The number of aliphatic hydroxyl groups excluding tert-OH is 2. The van der Waals surface area contributed by atoms with E-state index in [4.69, 9.17) is 4.74 Å². The van der Waals surface area contributed by atoms with Crippen LogP contribution in [0, 0.1) is 23.5 Å². The maximum Gasteiger partial charge on any atom is 0.126 e. The third kappa shape index (κ3) is 2.72. The second kappa shape index (κ2) is 6.13. The van der Waals surface area contributed by atoms with Crippen LogP contribution in [-0.4, -0.2) is 59.2 Å². The molecule has 3 aliphatic rings. The van der Waals surface area contributed by atoms with Crippen molar-refractivity contribution in [1.82, 2.24) is 4.90 Å². The van der Waals surface area contributed by atoms with Crippen LogP contribution in [0.3, 0.4) is 0 Å². The molecule has 3 saturated heterocycles. The molecule has 1 aromatic rings. The van der Waals surface area contributed by atoms with Crippen molar-refractivity contribution in [2.24, 2.45) is 11.8 Å². The van der Waals surface area contributed by atoms with Crippen molar-refractivity contribution >= 4 is 6.08 Å². The number of rotatable bonds is 5. The first kappa shape index (κ1) is 17.1. The van der Waals surface area contributed by atoms with E-state index in [2.05, 4.69) is 4.90 Å². The quantitative estimate of drug-likeness (QED) is 0.850. The summed E-state index contributed by atoms with van der Waals surface area (Å²) in [7, 11) is 0. The number of halogens is 2. The van der Waals surface area contributed by atoms with Crippen molar-refractivity contribution in [2.75, 3.05) is 32.8 Å². The maximum absolute atomic E-state index is 13.2. The van der Waals surface area contributed by atoms with Crippen LogP contribution in [0.25, 0.3) is 6.08 Å². The minimum atomic E-state index is -0.584. The van der Waals surface area contributed by atoms with Crippen LogP contribution in [0.1, 0.15) is 18.4 Å². The summed E-state index contributed by atoms with van der Waals surface area (Å²) in [6, 6.07) is 3.46. The molecule has 3 fully saturated rings. The lowest BCUT2D eigenvalue weighted by atomic mass is 9.68. The van der Waals surface area contributed by atoms with Crippen LogP contribution < -0.4 is 0 Å². The van der Waals surface area contributed by atoms with E-state index >= 15 is 0 Å². The summed E-state index contributed by atoms with van der Waals surface area (Å²) < 4.78 is 32.6. The topological polar surface area (TPSA) is 52.9 Å². The average Bonchev–Trinajstić information content (AvgIpc) is 3.23. The molecule has 0 radical (unpaired) electrons. The SMILES string of the molecule is OCC12CCC(CO)(O1)C1CN(C/C=C/c3cc(F)cc(F)c3)CC12. The molecule has 3 heterocycles. The van der Waals surface area contributed by atoms with Gasteiger partial charge >= 0.3 is 0 Å². The Kier molecular flexibility index (Phi) is 4.19. The fourth-order valence-corrected chi connectivity index (χ4v) is 5.02. The van der Waals surface area contributed by atoms with Crippen molar-refractivity contribution < 1.29 is 23.7 Å². The van der Waals surface area contributed by atoms with Gasteiger partial charge in [0.1, 0.15) is 11.6 Å². The van der Waals surface area contributed by atoms with E-state index in [1.807, 2.05) is 6.08 Å². The zero-order chi connectivity index (χ0) is 17.7. The van der Waals surface area contributed by atoms with Gasteiger partial charge in [-0.1, -0.05) is 12.2 Å². The van der Waals surface area contributed by atoms with E-state index in [0.29, 0.717) is 12.1 Å². The lowest BCUT2D eigenvalue weighted by molar-refractivity contribution is -0.112. The van der Waals surface area contributed by atoms with E-state index in [1.54, 1.807) is 6.08 Å². The summed E-state index contributed by atoms with van der Waals surface area (Å²) in [6.07, 6.45) is 5.19. The molecule has 0 aliphatic carbocycles. The first-order valence-electron chi connectivity index (χ1n) is 8.77. The van der Waals surface area contributed by atoms with Gasteiger partial charge in [-0.3, -0.25) is 4.90 Å². The highest BCUT2D eigenvalue weighted by Crippen LogP contribution is 2.59. The highest BCUT2D eigenvalue weighted by atomic mass is 19.1. The van der Waals surface area contributed by atoms with Crippen LogP contribution in [0.4, 0.5) is 8.78 Å². The van der Waals surface area contributed by atoms with E-state index < -0.39 is 22.8 Å². The van der Waals surface area contributed by atoms with Crippen LogP contribution in [0.5, 0.6) is 0 Å². The molecule has 3 aliphatic heterocycles. The standard InChI is InChI=1S/C19H23F2NO3/c20-14-6-13(7-15(21)8-14)2-1-5-22-9-16-17(10-22)19(12-24)4-3-18(16,11-23)25-19/h1-2,6-8,16-17,23-24H,3-5,9-12H2/b2-1+. The predicted octanol–water partition coefficient (Wildman–Crippen LogP) is 1.81. The minimum absolute atomic E-state index is 0.0117. The summed E-state index contributed by atoms with van der Waals surface area (Å²) >= 11 is 0. The smallest absolute Gasteiger partial charge is 0.126 e. The average molecular weight is 351 g/mol. The van der Waals surface area contributed by atoms with E-state index in [1.165, 1.54) is 12.1 Å². The summed E-state index contributed by atoms with van der Waals surface area (Å²) in [5.74, 6) is -0.727. The van der Waals surface area contributed by atoms with Crippen molar-refractivity contribution in [1.29, 1.82) is 0 Å². The van der Waals surface area contributed by atoms with Gasteiger partial charge in [0.15, 0.2) is 0 Å². The number of fused-ring (bicyclic) bond motifs is 5.